The van der Waals surface area contributed by atoms with Gasteiger partial charge in [0.25, 0.3) is 0 Å². The average Bonchev–Trinajstić information content (AvgIpc) is 2.59. The molecule has 0 aliphatic heterocycles. The van der Waals surface area contributed by atoms with Crippen LogP contribution < -0.4 is 10.6 Å². The molecule has 1 heterocycles. The summed E-state index contributed by atoms with van der Waals surface area (Å²) in [6, 6.07) is 5.99. The monoisotopic (exact) mass is 407 g/mol. The van der Waals surface area contributed by atoms with Gasteiger partial charge < -0.3 is 20.5 Å². The van der Waals surface area contributed by atoms with Crippen LogP contribution in [-0.2, 0) is 17.7 Å². The van der Waals surface area contributed by atoms with Gasteiger partial charge in [-0.05, 0) is 56.5 Å². The van der Waals surface area contributed by atoms with Crippen LogP contribution in [0.1, 0.15) is 31.9 Å². The van der Waals surface area contributed by atoms with E-state index >= 15 is 0 Å². The van der Waals surface area contributed by atoms with Gasteiger partial charge >= 0.3 is 6.09 Å². The number of aliphatic hydroxyl groups excluding tert-OH is 1. The lowest BCUT2D eigenvalue weighted by atomic mass is 10.0. The molecule has 0 aliphatic carbocycles. The molecular weight excluding hydrogens is 380 g/mol. The Balaban J connectivity index is 2.04. The predicted molar refractivity (Wildman–Crippen MR) is 105 cm³/mol. The Labute approximate surface area is 169 Å². The second kappa shape index (κ2) is 10.3. The van der Waals surface area contributed by atoms with E-state index in [0.29, 0.717) is 12.1 Å². The van der Waals surface area contributed by atoms with Crippen molar-refractivity contribution in [3.63, 3.8) is 0 Å². The first-order valence-electron chi connectivity index (χ1n) is 9.34. The highest BCUT2D eigenvalue weighted by atomic mass is 19.1. The van der Waals surface area contributed by atoms with Crippen molar-refractivity contribution in [3.05, 3.63) is 65.5 Å². The molecule has 1 aromatic carbocycles. The van der Waals surface area contributed by atoms with Gasteiger partial charge in [-0.25, -0.2) is 13.6 Å². The zero-order chi connectivity index (χ0) is 21.4. The van der Waals surface area contributed by atoms with Crippen molar-refractivity contribution < 1.29 is 23.4 Å². The number of carbonyl (C=O) groups is 1. The zero-order valence-electron chi connectivity index (χ0n) is 16.8. The third-order valence-electron chi connectivity index (χ3n) is 3.95. The second-order valence-electron chi connectivity index (χ2n) is 7.79. The number of pyridine rings is 1. The van der Waals surface area contributed by atoms with Crippen LogP contribution in [0, 0.1) is 11.6 Å². The molecule has 29 heavy (non-hydrogen) atoms. The fraction of sp³-hybridized carbons (Fsp3) is 0.429. The van der Waals surface area contributed by atoms with E-state index in [4.69, 9.17) is 4.74 Å². The van der Waals surface area contributed by atoms with E-state index in [0.717, 1.165) is 11.6 Å². The lowest BCUT2D eigenvalue weighted by Crippen LogP contribution is -2.49. The minimum absolute atomic E-state index is 0.0314. The summed E-state index contributed by atoms with van der Waals surface area (Å²) in [6.07, 6.45) is 1.66. The van der Waals surface area contributed by atoms with E-state index in [-0.39, 0.29) is 13.0 Å². The number of aromatic nitrogens is 1. The van der Waals surface area contributed by atoms with E-state index in [1.807, 2.05) is 6.07 Å². The topological polar surface area (TPSA) is 83.5 Å². The number of halogens is 2. The van der Waals surface area contributed by atoms with E-state index in [2.05, 4.69) is 15.6 Å². The highest BCUT2D eigenvalue weighted by Crippen LogP contribution is 2.13. The molecule has 2 rings (SSSR count). The van der Waals surface area contributed by atoms with Crippen LogP contribution in [0.15, 0.2) is 42.7 Å². The number of hydrogen-bond acceptors (Lipinski definition) is 5. The van der Waals surface area contributed by atoms with E-state index in [1.165, 1.54) is 12.1 Å². The Morgan fingerprint density at radius 2 is 1.90 bits per heavy atom. The molecule has 1 amide bonds. The fourth-order valence-electron chi connectivity index (χ4n) is 2.73. The first kappa shape index (κ1) is 22.7. The molecule has 0 saturated carbocycles. The van der Waals surface area contributed by atoms with E-state index in [1.54, 1.807) is 39.2 Å². The third-order valence-corrected chi connectivity index (χ3v) is 3.95. The standard InChI is InChI=1S/C21H27F2N3O3/c1-21(2,3)29-20(28)26-18(9-15-7-16(22)10-17(23)8-15)19(27)13-25-12-14-5-4-6-24-11-14/h4-8,10-11,18-19,25,27H,9,12-13H2,1-3H3,(H,26,28)/t18-,19+/m0/s1. The largest absolute Gasteiger partial charge is 0.444 e. The van der Waals surface area contributed by atoms with Crippen molar-refractivity contribution in [1.82, 2.24) is 15.6 Å². The van der Waals surface area contributed by atoms with Crippen LogP contribution in [0.2, 0.25) is 0 Å². The minimum Gasteiger partial charge on any atom is -0.444 e. The number of alkyl carbamates (subject to hydrolysis) is 1. The molecule has 1 aromatic heterocycles. The van der Waals surface area contributed by atoms with Crippen molar-refractivity contribution >= 4 is 6.09 Å². The molecule has 6 nitrogen and oxygen atoms in total. The number of hydrogen-bond donors (Lipinski definition) is 3. The molecule has 0 saturated heterocycles. The number of ether oxygens (including phenoxy) is 1. The summed E-state index contributed by atoms with van der Waals surface area (Å²) in [5.41, 5.74) is 0.529. The van der Waals surface area contributed by atoms with Gasteiger partial charge in [0.1, 0.15) is 17.2 Å². The first-order chi connectivity index (χ1) is 13.6. The number of amides is 1. The molecule has 0 bridgehead atoms. The van der Waals surface area contributed by atoms with Crippen LogP contribution in [0.4, 0.5) is 13.6 Å². The predicted octanol–water partition coefficient (Wildman–Crippen LogP) is 2.95. The molecule has 0 aliphatic rings. The molecule has 0 unspecified atom stereocenters. The number of rotatable bonds is 8. The average molecular weight is 407 g/mol. The second-order valence-corrected chi connectivity index (χ2v) is 7.79. The highest BCUT2D eigenvalue weighted by Gasteiger charge is 2.25. The maximum atomic E-state index is 13.5. The maximum absolute atomic E-state index is 13.5. The smallest absolute Gasteiger partial charge is 0.407 e. The molecule has 8 heteroatoms. The van der Waals surface area contributed by atoms with Gasteiger partial charge in [-0.1, -0.05) is 6.07 Å². The van der Waals surface area contributed by atoms with Crippen molar-refractivity contribution in [2.45, 2.75) is 51.5 Å². The lowest BCUT2D eigenvalue weighted by molar-refractivity contribution is 0.0422. The van der Waals surface area contributed by atoms with Crippen molar-refractivity contribution in [1.29, 1.82) is 0 Å². The quantitative estimate of drug-likeness (QED) is 0.627. The molecule has 0 radical (unpaired) electrons. The summed E-state index contributed by atoms with van der Waals surface area (Å²) in [7, 11) is 0. The first-order valence-corrected chi connectivity index (χ1v) is 9.34. The van der Waals surface area contributed by atoms with Crippen LogP contribution in [0.3, 0.4) is 0 Å². The number of aliphatic hydroxyl groups is 1. The van der Waals surface area contributed by atoms with Crippen LogP contribution in [0.5, 0.6) is 0 Å². The number of carbonyl (C=O) groups excluding carboxylic acids is 1. The van der Waals surface area contributed by atoms with Gasteiger partial charge in [0, 0.05) is 31.5 Å². The van der Waals surface area contributed by atoms with Crippen molar-refractivity contribution in [2.24, 2.45) is 0 Å². The van der Waals surface area contributed by atoms with Gasteiger partial charge in [-0.15, -0.1) is 0 Å². The highest BCUT2D eigenvalue weighted by molar-refractivity contribution is 5.68. The molecular formula is C21H27F2N3O3. The van der Waals surface area contributed by atoms with E-state index in [9.17, 15) is 18.7 Å². The Hall–Kier alpha value is -2.58. The normalized spacial score (nSPS) is 13.6. The number of benzene rings is 1. The lowest BCUT2D eigenvalue weighted by Gasteiger charge is -2.27. The SMILES string of the molecule is CC(C)(C)OC(=O)N[C@@H](Cc1cc(F)cc(F)c1)[C@H](O)CNCc1cccnc1. The molecule has 3 N–H and O–H groups in total. The minimum atomic E-state index is -1.02. The van der Waals surface area contributed by atoms with Crippen LogP contribution in [-0.4, -0.2) is 40.5 Å². The van der Waals surface area contributed by atoms with E-state index < -0.39 is 35.5 Å². The summed E-state index contributed by atoms with van der Waals surface area (Å²) in [5.74, 6) is -1.44. The third kappa shape index (κ3) is 8.53. The maximum Gasteiger partial charge on any atom is 0.407 e. The Morgan fingerprint density at radius 1 is 1.21 bits per heavy atom. The van der Waals surface area contributed by atoms with Gasteiger partial charge in [0.15, 0.2) is 0 Å². The molecule has 0 spiro atoms. The molecule has 2 aromatic rings. The zero-order valence-corrected chi connectivity index (χ0v) is 16.8. The summed E-state index contributed by atoms with van der Waals surface area (Å²) >= 11 is 0. The molecule has 2 atom stereocenters. The Kier molecular flexibility index (Phi) is 8.04. The van der Waals surface area contributed by atoms with Crippen molar-refractivity contribution in [2.75, 3.05) is 6.54 Å². The summed E-state index contributed by atoms with van der Waals surface area (Å²) < 4.78 is 32.3. The molecule has 0 fully saturated rings. The fourth-order valence-corrected chi connectivity index (χ4v) is 2.73. The van der Waals surface area contributed by atoms with Gasteiger partial charge in [0.2, 0.25) is 0 Å². The summed E-state index contributed by atoms with van der Waals surface area (Å²) in [4.78, 5) is 16.2. The Bertz CT molecular complexity index is 777. The van der Waals surface area contributed by atoms with Gasteiger partial charge in [-0.2, -0.15) is 0 Å². The number of nitrogens with one attached hydrogen (secondary N) is 2. The van der Waals surface area contributed by atoms with Gasteiger partial charge in [0.05, 0.1) is 12.1 Å². The van der Waals surface area contributed by atoms with Crippen LogP contribution >= 0.6 is 0 Å². The Morgan fingerprint density at radius 3 is 2.48 bits per heavy atom. The molecule has 158 valence electrons. The van der Waals surface area contributed by atoms with Crippen molar-refractivity contribution in [3.8, 4) is 0 Å². The summed E-state index contributed by atoms with van der Waals surface area (Å²) in [5, 5.41) is 16.3. The summed E-state index contributed by atoms with van der Waals surface area (Å²) in [6.45, 7) is 5.77. The van der Waals surface area contributed by atoms with Crippen LogP contribution in [0.25, 0.3) is 0 Å². The van der Waals surface area contributed by atoms with Gasteiger partial charge in [-0.3, -0.25) is 4.98 Å². The number of nitrogens with zero attached hydrogens (tertiary/aromatic N) is 1.